The van der Waals surface area contributed by atoms with E-state index in [0.29, 0.717) is 23.5 Å². The van der Waals surface area contributed by atoms with Crippen LogP contribution in [0.25, 0.3) is 0 Å². The number of halogens is 2. The minimum Gasteiger partial charge on any atom is -0.249 e. The summed E-state index contributed by atoms with van der Waals surface area (Å²) in [6.45, 7) is 0.705. The van der Waals surface area contributed by atoms with Crippen LogP contribution in [0.2, 0.25) is 5.15 Å². The molecule has 2 nitrogen and oxygen atoms in total. The van der Waals surface area contributed by atoms with E-state index in [1.807, 2.05) is 22.9 Å². The predicted molar refractivity (Wildman–Crippen MR) is 74.3 cm³/mol. The smallest absolute Gasteiger partial charge is 0.132 e. The van der Waals surface area contributed by atoms with Gasteiger partial charge in [0.1, 0.15) is 5.15 Å². The maximum Gasteiger partial charge on any atom is 0.132 e. The van der Waals surface area contributed by atoms with Crippen molar-refractivity contribution < 1.29 is 0 Å². The van der Waals surface area contributed by atoms with Gasteiger partial charge < -0.3 is 0 Å². The molecule has 0 N–H and O–H groups in total. The zero-order valence-corrected chi connectivity index (χ0v) is 11.5. The van der Waals surface area contributed by atoms with Gasteiger partial charge in [0.25, 0.3) is 0 Å². The van der Waals surface area contributed by atoms with E-state index in [0.717, 1.165) is 11.3 Å². The molecule has 0 atom stereocenters. The lowest BCUT2D eigenvalue weighted by atomic mass is 10.2. The van der Waals surface area contributed by atoms with Crippen LogP contribution in [0.5, 0.6) is 0 Å². The summed E-state index contributed by atoms with van der Waals surface area (Å²) >= 11 is 12.4. The molecule has 0 amide bonds. The molecule has 0 spiro atoms. The molecule has 1 aliphatic carbocycles. The Morgan fingerprint density at radius 3 is 2.56 bits per heavy atom. The average Bonchev–Trinajstić information content (AvgIpc) is 3.18. The lowest BCUT2D eigenvalue weighted by Crippen LogP contribution is -2.02. The molecule has 94 valence electrons. The van der Waals surface area contributed by atoms with Crippen LogP contribution in [0.1, 0.15) is 35.6 Å². The van der Waals surface area contributed by atoms with Crippen LogP contribution in [0.4, 0.5) is 0 Å². The Balaban J connectivity index is 1.92. The van der Waals surface area contributed by atoms with Crippen molar-refractivity contribution in [2.45, 2.75) is 31.2 Å². The predicted octanol–water partition coefficient (Wildman–Crippen LogP) is 4.20. The second kappa shape index (κ2) is 4.94. The molecule has 0 radical (unpaired) electrons. The van der Waals surface area contributed by atoms with Gasteiger partial charge in [0, 0.05) is 11.5 Å². The standard InChI is InChI=1S/C14H14Cl2N2/c15-8-12-13(11-6-7-11)17-18(14(12)16)9-10-4-2-1-3-5-10/h1-5,11H,6-9H2. The zero-order chi connectivity index (χ0) is 12.5. The fourth-order valence-corrected chi connectivity index (χ4v) is 2.76. The SMILES string of the molecule is ClCc1c(C2CC2)nn(Cc2ccccc2)c1Cl. The molecule has 1 fully saturated rings. The largest absolute Gasteiger partial charge is 0.249 e. The van der Waals surface area contributed by atoms with Crippen molar-refractivity contribution in [3.05, 3.63) is 52.3 Å². The Bertz CT molecular complexity index is 544. The molecule has 1 aliphatic rings. The van der Waals surface area contributed by atoms with Gasteiger partial charge >= 0.3 is 0 Å². The zero-order valence-electron chi connectivity index (χ0n) is 9.94. The average molecular weight is 281 g/mol. The van der Waals surface area contributed by atoms with Gasteiger partial charge in [-0.2, -0.15) is 5.10 Å². The molecular weight excluding hydrogens is 267 g/mol. The van der Waals surface area contributed by atoms with Crippen LogP contribution >= 0.6 is 23.2 Å². The van der Waals surface area contributed by atoms with E-state index in [4.69, 9.17) is 23.2 Å². The molecule has 0 bridgehead atoms. The minimum absolute atomic E-state index is 0.444. The first-order valence-electron chi connectivity index (χ1n) is 6.14. The molecule has 18 heavy (non-hydrogen) atoms. The van der Waals surface area contributed by atoms with Gasteiger partial charge in [-0.15, -0.1) is 11.6 Å². The van der Waals surface area contributed by atoms with Crippen LogP contribution in [-0.4, -0.2) is 9.78 Å². The van der Waals surface area contributed by atoms with Gasteiger partial charge in [0.2, 0.25) is 0 Å². The van der Waals surface area contributed by atoms with Crippen LogP contribution in [0.15, 0.2) is 30.3 Å². The molecule has 0 aliphatic heterocycles. The van der Waals surface area contributed by atoms with Gasteiger partial charge in [0.05, 0.1) is 18.1 Å². The Morgan fingerprint density at radius 2 is 1.94 bits per heavy atom. The van der Waals surface area contributed by atoms with Gasteiger partial charge in [-0.1, -0.05) is 41.9 Å². The Labute approximate surface area is 117 Å². The Kier molecular flexibility index (Phi) is 3.31. The summed E-state index contributed by atoms with van der Waals surface area (Å²) in [6, 6.07) is 10.2. The molecule has 2 aromatic rings. The normalized spacial score (nSPS) is 15.0. The third kappa shape index (κ3) is 2.27. The van der Waals surface area contributed by atoms with Crippen molar-refractivity contribution in [2.75, 3.05) is 0 Å². The number of nitrogens with zero attached hydrogens (tertiary/aromatic N) is 2. The third-order valence-corrected chi connectivity index (χ3v) is 3.98. The number of aromatic nitrogens is 2. The molecular formula is C14H14Cl2N2. The van der Waals surface area contributed by atoms with Crippen molar-refractivity contribution in [2.24, 2.45) is 0 Å². The monoisotopic (exact) mass is 280 g/mol. The lowest BCUT2D eigenvalue weighted by molar-refractivity contribution is 0.673. The first-order chi connectivity index (χ1) is 8.79. The van der Waals surface area contributed by atoms with Gasteiger partial charge in [-0.3, -0.25) is 0 Å². The highest BCUT2D eigenvalue weighted by atomic mass is 35.5. The summed E-state index contributed by atoms with van der Waals surface area (Å²) in [6.07, 6.45) is 2.42. The van der Waals surface area contributed by atoms with Crippen LogP contribution in [0, 0.1) is 0 Å². The second-order valence-corrected chi connectivity index (χ2v) is 5.33. The number of hydrogen-bond donors (Lipinski definition) is 0. The maximum atomic E-state index is 6.37. The van der Waals surface area contributed by atoms with E-state index in [-0.39, 0.29) is 0 Å². The molecule has 0 saturated heterocycles. The van der Waals surface area contributed by atoms with E-state index in [2.05, 4.69) is 17.2 Å². The van der Waals surface area contributed by atoms with E-state index >= 15 is 0 Å². The highest BCUT2D eigenvalue weighted by Crippen LogP contribution is 2.43. The molecule has 1 saturated carbocycles. The summed E-state index contributed by atoms with van der Waals surface area (Å²) in [4.78, 5) is 0. The lowest BCUT2D eigenvalue weighted by Gasteiger charge is -2.03. The van der Waals surface area contributed by atoms with E-state index in [1.165, 1.54) is 18.4 Å². The van der Waals surface area contributed by atoms with E-state index < -0.39 is 0 Å². The number of rotatable bonds is 4. The maximum absolute atomic E-state index is 6.37. The summed E-state index contributed by atoms with van der Waals surface area (Å²) < 4.78 is 1.86. The van der Waals surface area contributed by atoms with Crippen LogP contribution in [0.3, 0.4) is 0 Å². The van der Waals surface area contributed by atoms with Crippen molar-refractivity contribution in [3.63, 3.8) is 0 Å². The van der Waals surface area contributed by atoms with Crippen molar-refractivity contribution in [3.8, 4) is 0 Å². The topological polar surface area (TPSA) is 17.8 Å². The molecule has 3 rings (SSSR count). The number of hydrogen-bond acceptors (Lipinski definition) is 1. The molecule has 1 aromatic heterocycles. The molecule has 1 heterocycles. The summed E-state index contributed by atoms with van der Waals surface area (Å²) in [7, 11) is 0. The molecule has 1 aromatic carbocycles. The molecule has 4 heteroatoms. The van der Waals surface area contributed by atoms with Crippen LogP contribution < -0.4 is 0 Å². The summed E-state index contributed by atoms with van der Waals surface area (Å²) in [5.74, 6) is 1.02. The molecule has 0 unspecified atom stereocenters. The fourth-order valence-electron chi connectivity index (χ4n) is 2.17. The van der Waals surface area contributed by atoms with Crippen molar-refractivity contribution in [1.29, 1.82) is 0 Å². The highest BCUT2D eigenvalue weighted by molar-refractivity contribution is 6.31. The third-order valence-electron chi connectivity index (χ3n) is 3.29. The minimum atomic E-state index is 0.444. The number of benzene rings is 1. The first kappa shape index (κ1) is 12.1. The Hall–Kier alpha value is -0.990. The summed E-state index contributed by atoms with van der Waals surface area (Å²) in [5.41, 5.74) is 3.31. The van der Waals surface area contributed by atoms with Crippen molar-refractivity contribution in [1.82, 2.24) is 9.78 Å². The number of alkyl halides is 1. The highest BCUT2D eigenvalue weighted by Gasteiger charge is 2.30. The van der Waals surface area contributed by atoms with Gasteiger partial charge in [-0.05, 0) is 18.4 Å². The van der Waals surface area contributed by atoms with E-state index in [1.54, 1.807) is 0 Å². The Morgan fingerprint density at radius 1 is 1.22 bits per heavy atom. The van der Waals surface area contributed by atoms with Crippen LogP contribution in [-0.2, 0) is 12.4 Å². The first-order valence-corrected chi connectivity index (χ1v) is 7.06. The van der Waals surface area contributed by atoms with Gasteiger partial charge in [0.15, 0.2) is 0 Å². The second-order valence-electron chi connectivity index (χ2n) is 4.71. The van der Waals surface area contributed by atoms with Gasteiger partial charge in [-0.25, -0.2) is 4.68 Å². The fraction of sp³-hybridized carbons (Fsp3) is 0.357. The van der Waals surface area contributed by atoms with Crippen molar-refractivity contribution >= 4 is 23.2 Å². The summed E-state index contributed by atoms with van der Waals surface area (Å²) in [5, 5.41) is 5.33. The quantitative estimate of drug-likeness (QED) is 0.768. The van der Waals surface area contributed by atoms with E-state index in [9.17, 15) is 0 Å².